The summed E-state index contributed by atoms with van der Waals surface area (Å²) in [6.07, 6.45) is 5.43. The first kappa shape index (κ1) is 17.5. The van der Waals surface area contributed by atoms with Gasteiger partial charge in [0.25, 0.3) is 5.91 Å². The van der Waals surface area contributed by atoms with Crippen molar-refractivity contribution in [2.75, 3.05) is 13.2 Å². The lowest BCUT2D eigenvalue weighted by Gasteiger charge is -2.24. The van der Waals surface area contributed by atoms with E-state index in [9.17, 15) is 9.18 Å². The molecule has 7 heteroatoms. The molecule has 1 amide bonds. The fraction of sp³-hybridized carbons (Fsp3) is 0.300. The van der Waals surface area contributed by atoms with Crippen LogP contribution in [0.5, 0.6) is 5.75 Å². The van der Waals surface area contributed by atoms with Gasteiger partial charge in [0.05, 0.1) is 6.04 Å². The molecule has 1 atom stereocenters. The number of rotatable bonds is 5. The summed E-state index contributed by atoms with van der Waals surface area (Å²) < 4.78 is 20.6. The molecule has 0 aliphatic carbocycles. The smallest absolute Gasteiger partial charge is 0.274 e. The summed E-state index contributed by atoms with van der Waals surface area (Å²) in [6.45, 7) is 1.49. The van der Waals surface area contributed by atoms with E-state index in [4.69, 9.17) is 10.5 Å². The predicted molar refractivity (Wildman–Crippen MR) is 99.0 cm³/mol. The van der Waals surface area contributed by atoms with Crippen LogP contribution in [0.1, 0.15) is 28.9 Å². The quantitative estimate of drug-likeness (QED) is 0.751. The zero-order valence-corrected chi connectivity index (χ0v) is 14.8. The SMILES string of the molecule is NCc1ccc2nc(C(=O)N3CCC[C@H]3COc3ccc(F)cc3)cn2c1. The maximum Gasteiger partial charge on any atom is 0.274 e. The lowest BCUT2D eigenvalue weighted by Crippen LogP contribution is -2.39. The fourth-order valence-electron chi connectivity index (χ4n) is 3.41. The minimum Gasteiger partial charge on any atom is -0.491 e. The summed E-state index contributed by atoms with van der Waals surface area (Å²) >= 11 is 0. The summed E-state index contributed by atoms with van der Waals surface area (Å²) in [5.74, 6) is 0.195. The summed E-state index contributed by atoms with van der Waals surface area (Å²) in [6, 6.07) is 9.65. The number of pyridine rings is 1. The summed E-state index contributed by atoms with van der Waals surface area (Å²) in [7, 11) is 0. The third-order valence-electron chi connectivity index (χ3n) is 4.86. The van der Waals surface area contributed by atoms with Gasteiger partial charge in [-0.15, -0.1) is 0 Å². The molecule has 1 saturated heterocycles. The van der Waals surface area contributed by atoms with E-state index in [-0.39, 0.29) is 17.8 Å². The number of nitrogens with two attached hydrogens (primary N) is 1. The highest BCUT2D eigenvalue weighted by Gasteiger charge is 2.31. The van der Waals surface area contributed by atoms with Crippen LogP contribution >= 0.6 is 0 Å². The Hall–Kier alpha value is -2.93. The second-order valence-corrected chi connectivity index (χ2v) is 6.69. The molecular weight excluding hydrogens is 347 g/mol. The number of nitrogens with zero attached hydrogens (tertiary/aromatic N) is 3. The predicted octanol–water partition coefficient (Wildman–Crippen LogP) is 2.62. The molecule has 0 radical (unpaired) electrons. The lowest BCUT2D eigenvalue weighted by atomic mass is 10.2. The molecule has 0 bridgehead atoms. The largest absolute Gasteiger partial charge is 0.491 e. The number of hydrogen-bond acceptors (Lipinski definition) is 4. The van der Waals surface area contributed by atoms with E-state index in [1.807, 2.05) is 27.6 Å². The Morgan fingerprint density at radius 1 is 1.22 bits per heavy atom. The Morgan fingerprint density at radius 2 is 2.04 bits per heavy atom. The molecule has 1 fully saturated rings. The highest BCUT2D eigenvalue weighted by molar-refractivity contribution is 5.93. The molecule has 0 unspecified atom stereocenters. The molecule has 2 aromatic heterocycles. The van der Waals surface area contributed by atoms with Crippen LogP contribution in [-0.4, -0.2) is 39.4 Å². The van der Waals surface area contributed by atoms with Crippen molar-refractivity contribution in [3.05, 3.63) is 65.9 Å². The molecule has 1 aromatic carbocycles. The number of hydrogen-bond donors (Lipinski definition) is 1. The molecule has 140 valence electrons. The molecule has 27 heavy (non-hydrogen) atoms. The zero-order valence-electron chi connectivity index (χ0n) is 14.8. The molecule has 6 nitrogen and oxygen atoms in total. The van der Waals surface area contributed by atoms with E-state index >= 15 is 0 Å². The normalized spacial score (nSPS) is 16.8. The number of imidazole rings is 1. The minimum absolute atomic E-state index is 0.0213. The monoisotopic (exact) mass is 368 g/mol. The van der Waals surface area contributed by atoms with Gasteiger partial charge in [-0.2, -0.15) is 0 Å². The molecule has 1 aliphatic heterocycles. The van der Waals surface area contributed by atoms with Gasteiger partial charge in [-0.25, -0.2) is 9.37 Å². The van der Waals surface area contributed by atoms with E-state index in [1.165, 1.54) is 12.1 Å². The van der Waals surface area contributed by atoms with Crippen LogP contribution in [0.25, 0.3) is 5.65 Å². The molecule has 3 heterocycles. The molecule has 2 N–H and O–H groups in total. The number of ether oxygens (including phenoxy) is 1. The van der Waals surface area contributed by atoms with Gasteiger partial charge in [0.15, 0.2) is 0 Å². The molecular formula is C20H21FN4O2. The van der Waals surface area contributed by atoms with Gasteiger partial charge >= 0.3 is 0 Å². The van der Waals surface area contributed by atoms with Crippen LogP contribution in [0, 0.1) is 5.82 Å². The van der Waals surface area contributed by atoms with E-state index in [0.29, 0.717) is 36.8 Å². The van der Waals surface area contributed by atoms with E-state index in [0.717, 1.165) is 18.4 Å². The van der Waals surface area contributed by atoms with Crippen LogP contribution in [0.3, 0.4) is 0 Å². The minimum atomic E-state index is -0.301. The topological polar surface area (TPSA) is 72.9 Å². The molecule has 4 rings (SSSR count). The Labute approximate surface area is 156 Å². The van der Waals surface area contributed by atoms with Gasteiger partial charge in [0.1, 0.15) is 29.5 Å². The summed E-state index contributed by atoms with van der Waals surface area (Å²) in [5, 5.41) is 0. The molecule has 0 saturated carbocycles. The number of amides is 1. The van der Waals surface area contributed by atoms with Crippen molar-refractivity contribution < 1.29 is 13.9 Å². The first-order valence-electron chi connectivity index (χ1n) is 9.01. The second kappa shape index (κ2) is 7.36. The number of halogens is 1. The Morgan fingerprint density at radius 3 is 2.81 bits per heavy atom. The maximum atomic E-state index is 13.0. The Kier molecular flexibility index (Phi) is 4.77. The average molecular weight is 368 g/mol. The Bertz CT molecular complexity index is 954. The van der Waals surface area contributed by atoms with E-state index in [1.54, 1.807) is 18.3 Å². The van der Waals surface area contributed by atoms with Crippen molar-refractivity contribution in [3.63, 3.8) is 0 Å². The zero-order chi connectivity index (χ0) is 18.8. The number of likely N-dealkylation sites (tertiary alicyclic amines) is 1. The third-order valence-corrected chi connectivity index (χ3v) is 4.86. The second-order valence-electron chi connectivity index (χ2n) is 6.69. The highest BCUT2D eigenvalue weighted by Crippen LogP contribution is 2.22. The van der Waals surface area contributed by atoms with Gasteiger partial charge in [-0.05, 0) is 48.7 Å². The number of fused-ring (bicyclic) bond motifs is 1. The van der Waals surface area contributed by atoms with Crippen LogP contribution in [0.15, 0.2) is 48.8 Å². The first-order chi connectivity index (χ1) is 13.1. The molecule has 3 aromatic rings. The van der Waals surface area contributed by atoms with Crippen molar-refractivity contribution in [1.29, 1.82) is 0 Å². The summed E-state index contributed by atoms with van der Waals surface area (Å²) in [5.41, 5.74) is 7.78. The van der Waals surface area contributed by atoms with E-state index in [2.05, 4.69) is 4.98 Å². The maximum absolute atomic E-state index is 13.0. The highest BCUT2D eigenvalue weighted by atomic mass is 19.1. The van der Waals surface area contributed by atoms with Crippen molar-refractivity contribution in [2.45, 2.75) is 25.4 Å². The van der Waals surface area contributed by atoms with Crippen LogP contribution < -0.4 is 10.5 Å². The van der Waals surface area contributed by atoms with Crippen LogP contribution in [-0.2, 0) is 6.54 Å². The standard InChI is InChI=1S/C20H21FN4O2/c21-15-4-6-17(7-5-15)27-13-16-2-1-9-25(16)20(26)18-12-24-11-14(10-22)3-8-19(24)23-18/h3-8,11-12,16H,1-2,9-10,13,22H2/t16-/m0/s1. The van der Waals surface area contributed by atoms with Gasteiger partial charge in [0, 0.05) is 25.5 Å². The Balaban J connectivity index is 1.47. The van der Waals surface area contributed by atoms with Crippen LogP contribution in [0.2, 0.25) is 0 Å². The van der Waals surface area contributed by atoms with Gasteiger partial charge < -0.3 is 19.8 Å². The van der Waals surface area contributed by atoms with Gasteiger partial charge in [-0.3, -0.25) is 4.79 Å². The van der Waals surface area contributed by atoms with Gasteiger partial charge in [-0.1, -0.05) is 6.07 Å². The fourth-order valence-corrected chi connectivity index (χ4v) is 3.41. The summed E-state index contributed by atoms with van der Waals surface area (Å²) in [4.78, 5) is 19.2. The lowest BCUT2D eigenvalue weighted by molar-refractivity contribution is 0.0686. The number of aromatic nitrogens is 2. The third kappa shape index (κ3) is 3.64. The van der Waals surface area contributed by atoms with Crippen molar-refractivity contribution in [2.24, 2.45) is 5.73 Å². The number of benzene rings is 1. The van der Waals surface area contributed by atoms with Crippen molar-refractivity contribution in [1.82, 2.24) is 14.3 Å². The first-order valence-corrected chi connectivity index (χ1v) is 9.01. The van der Waals surface area contributed by atoms with Crippen LogP contribution in [0.4, 0.5) is 4.39 Å². The number of carbonyl (C=O) groups excluding carboxylic acids is 1. The van der Waals surface area contributed by atoms with Crippen molar-refractivity contribution >= 4 is 11.6 Å². The van der Waals surface area contributed by atoms with E-state index < -0.39 is 0 Å². The molecule has 0 spiro atoms. The number of carbonyl (C=O) groups is 1. The van der Waals surface area contributed by atoms with Gasteiger partial charge in [0.2, 0.25) is 0 Å². The van der Waals surface area contributed by atoms with Crippen molar-refractivity contribution in [3.8, 4) is 5.75 Å². The molecule has 1 aliphatic rings. The average Bonchev–Trinajstić information content (AvgIpc) is 3.33.